The second-order valence-corrected chi connectivity index (χ2v) is 9.99. The lowest BCUT2D eigenvalue weighted by atomic mass is 10.0. The van der Waals surface area contributed by atoms with Crippen LogP contribution in [0.2, 0.25) is 0 Å². The molecule has 5 nitrogen and oxygen atoms in total. The van der Waals surface area contributed by atoms with E-state index in [1.807, 2.05) is 31.2 Å². The van der Waals surface area contributed by atoms with Crippen molar-refractivity contribution in [3.05, 3.63) is 89.8 Å². The first-order valence-corrected chi connectivity index (χ1v) is 12.4. The van der Waals surface area contributed by atoms with Crippen molar-refractivity contribution < 1.29 is 19.1 Å². The normalized spacial score (nSPS) is 11.8. The maximum Gasteiger partial charge on any atom is 0.226 e. The second-order valence-electron chi connectivity index (χ2n) is 7.96. The number of oxazole rings is 1. The SMILES string of the molecule is Cc1ccc(-c2ccc(-c3nc(C[S+](C)c4ccc(OCC(=O)[O-])c(C)c4)co3)cc2)cc1. The number of rotatable bonds is 8. The molecule has 0 radical (unpaired) electrons. The molecule has 168 valence electrons. The summed E-state index contributed by atoms with van der Waals surface area (Å²) in [6.07, 6.45) is 3.87. The molecule has 6 heteroatoms. The Hall–Kier alpha value is -3.51. The van der Waals surface area contributed by atoms with Gasteiger partial charge in [0, 0.05) is 16.5 Å². The van der Waals surface area contributed by atoms with E-state index in [9.17, 15) is 9.90 Å². The zero-order chi connectivity index (χ0) is 23.4. The first-order valence-electron chi connectivity index (χ1n) is 10.6. The Morgan fingerprint density at radius 1 is 0.970 bits per heavy atom. The molecule has 0 spiro atoms. The molecular formula is C27H25NO4S. The highest BCUT2D eigenvalue weighted by molar-refractivity contribution is 7.95. The monoisotopic (exact) mass is 459 g/mol. The molecule has 1 aromatic heterocycles. The van der Waals surface area contributed by atoms with Crippen LogP contribution in [0.5, 0.6) is 5.75 Å². The van der Waals surface area contributed by atoms with E-state index in [1.165, 1.54) is 11.1 Å². The van der Waals surface area contributed by atoms with Crippen LogP contribution in [0.15, 0.2) is 82.3 Å². The van der Waals surface area contributed by atoms with Crippen molar-refractivity contribution in [2.24, 2.45) is 0 Å². The number of nitrogens with zero attached hydrogens (tertiary/aromatic N) is 1. The van der Waals surface area contributed by atoms with Crippen molar-refractivity contribution in [1.29, 1.82) is 0 Å². The lowest BCUT2D eigenvalue weighted by Crippen LogP contribution is -2.29. The lowest BCUT2D eigenvalue weighted by Gasteiger charge is -2.10. The maximum absolute atomic E-state index is 10.6. The van der Waals surface area contributed by atoms with Gasteiger partial charge in [-0.15, -0.1) is 0 Å². The number of hydrogen-bond donors (Lipinski definition) is 0. The van der Waals surface area contributed by atoms with Crippen molar-refractivity contribution >= 4 is 16.9 Å². The van der Waals surface area contributed by atoms with Crippen molar-refractivity contribution in [3.8, 4) is 28.3 Å². The van der Waals surface area contributed by atoms with Gasteiger partial charge in [-0.1, -0.05) is 42.0 Å². The molecule has 1 unspecified atom stereocenters. The number of aryl methyl sites for hydroxylation is 2. The molecule has 33 heavy (non-hydrogen) atoms. The lowest BCUT2D eigenvalue weighted by molar-refractivity contribution is -0.307. The molecule has 0 saturated heterocycles. The second kappa shape index (κ2) is 9.96. The van der Waals surface area contributed by atoms with Gasteiger partial charge in [0.25, 0.3) is 0 Å². The summed E-state index contributed by atoms with van der Waals surface area (Å²) in [7, 11) is -0.0960. The van der Waals surface area contributed by atoms with E-state index in [-0.39, 0.29) is 10.9 Å². The summed E-state index contributed by atoms with van der Waals surface area (Å²) in [4.78, 5) is 16.5. The fraction of sp³-hybridized carbons (Fsp3) is 0.185. The molecule has 4 aromatic rings. The zero-order valence-electron chi connectivity index (χ0n) is 18.8. The Morgan fingerprint density at radius 3 is 2.24 bits per heavy atom. The molecule has 0 amide bonds. The molecule has 0 N–H and O–H groups in total. The molecule has 3 aromatic carbocycles. The number of carboxylic acids is 1. The average Bonchev–Trinajstić information content (AvgIpc) is 3.27. The zero-order valence-corrected chi connectivity index (χ0v) is 19.6. The average molecular weight is 460 g/mol. The number of carbonyl (C=O) groups excluding carboxylic acids is 1. The Kier molecular flexibility index (Phi) is 6.84. The third-order valence-corrected chi connectivity index (χ3v) is 7.11. The first kappa shape index (κ1) is 22.7. The van der Waals surface area contributed by atoms with Crippen molar-refractivity contribution in [1.82, 2.24) is 4.98 Å². The number of benzene rings is 3. The van der Waals surface area contributed by atoms with E-state index >= 15 is 0 Å². The molecule has 0 fully saturated rings. The standard InChI is InChI=1S/C27H25NO4S/c1-18-4-6-20(7-5-18)21-8-10-22(11-9-21)27-28-23(15-32-27)17-33(3)24-12-13-25(19(2)14-24)31-16-26(29)30/h4-15H,16-17H2,1-3H3. The molecule has 0 aliphatic rings. The molecule has 1 heterocycles. The van der Waals surface area contributed by atoms with Crippen LogP contribution < -0.4 is 9.84 Å². The van der Waals surface area contributed by atoms with Crippen LogP contribution in [0.3, 0.4) is 0 Å². The Labute approximate surface area is 196 Å². The summed E-state index contributed by atoms with van der Waals surface area (Å²) in [5.41, 5.74) is 6.31. The van der Waals surface area contributed by atoms with Crippen molar-refractivity contribution in [3.63, 3.8) is 0 Å². The number of carboxylic acid groups (broad SMARTS) is 1. The van der Waals surface area contributed by atoms with Gasteiger partial charge in [-0.2, -0.15) is 0 Å². The van der Waals surface area contributed by atoms with E-state index in [1.54, 1.807) is 12.3 Å². The fourth-order valence-corrected chi connectivity index (χ4v) is 4.92. The molecule has 1 atom stereocenters. The van der Waals surface area contributed by atoms with Crippen molar-refractivity contribution in [2.75, 3.05) is 12.9 Å². The minimum absolute atomic E-state index is 0.0960. The summed E-state index contributed by atoms with van der Waals surface area (Å²) in [6, 6.07) is 22.5. The van der Waals surface area contributed by atoms with Gasteiger partial charge in [0.05, 0.1) is 5.97 Å². The van der Waals surface area contributed by atoms with Gasteiger partial charge in [-0.3, -0.25) is 0 Å². The minimum Gasteiger partial charge on any atom is -0.546 e. The van der Waals surface area contributed by atoms with Gasteiger partial charge in [0.1, 0.15) is 30.6 Å². The minimum atomic E-state index is -1.24. The van der Waals surface area contributed by atoms with Crippen LogP contribution in [0, 0.1) is 13.8 Å². The molecule has 0 aliphatic carbocycles. The highest BCUT2D eigenvalue weighted by Gasteiger charge is 2.20. The number of hydrogen-bond acceptors (Lipinski definition) is 5. The van der Waals surface area contributed by atoms with Crippen LogP contribution in [0.25, 0.3) is 22.6 Å². The number of aliphatic carboxylic acids is 1. The van der Waals surface area contributed by atoms with E-state index in [0.717, 1.165) is 33.0 Å². The number of carbonyl (C=O) groups is 1. The van der Waals surface area contributed by atoms with Crippen LogP contribution in [-0.4, -0.2) is 23.8 Å². The Morgan fingerprint density at radius 2 is 1.61 bits per heavy atom. The third-order valence-electron chi connectivity index (χ3n) is 5.33. The van der Waals surface area contributed by atoms with Gasteiger partial charge in [-0.25, -0.2) is 4.98 Å². The summed E-state index contributed by atoms with van der Waals surface area (Å²) in [5, 5.41) is 10.6. The van der Waals surface area contributed by atoms with E-state index in [0.29, 0.717) is 11.6 Å². The van der Waals surface area contributed by atoms with Gasteiger partial charge in [0.15, 0.2) is 10.6 Å². The Balaban J connectivity index is 1.42. The summed E-state index contributed by atoms with van der Waals surface area (Å²) in [6.45, 7) is 3.53. The van der Waals surface area contributed by atoms with E-state index in [2.05, 4.69) is 49.6 Å². The van der Waals surface area contributed by atoms with E-state index < -0.39 is 12.6 Å². The summed E-state index contributed by atoms with van der Waals surface area (Å²) < 4.78 is 11.0. The van der Waals surface area contributed by atoms with Crippen molar-refractivity contribution in [2.45, 2.75) is 24.5 Å². The quantitative estimate of drug-likeness (QED) is 0.361. The predicted octanol–water partition coefficient (Wildman–Crippen LogP) is 4.56. The highest BCUT2D eigenvalue weighted by atomic mass is 32.2. The smallest absolute Gasteiger partial charge is 0.226 e. The van der Waals surface area contributed by atoms with E-state index in [4.69, 9.17) is 14.1 Å². The fourth-order valence-electron chi connectivity index (χ4n) is 3.50. The topological polar surface area (TPSA) is 75.4 Å². The molecule has 0 saturated carbocycles. The maximum atomic E-state index is 10.6. The molecule has 0 bridgehead atoms. The van der Waals surface area contributed by atoms with Gasteiger partial charge >= 0.3 is 0 Å². The largest absolute Gasteiger partial charge is 0.546 e. The molecule has 0 aliphatic heterocycles. The molecular weight excluding hydrogens is 434 g/mol. The van der Waals surface area contributed by atoms with Gasteiger partial charge < -0.3 is 19.1 Å². The predicted molar refractivity (Wildman–Crippen MR) is 129 cm³/mol. The first-order chi connectivity index (χ1) is 15.9. The Bertz CT molecular complexity index is 1250. The van der Waals surface area contributed by atoms with Gasteiger partial charge in [0.2, 0.25) is 5.89 Å². The highest BCUT2D eigenvalue weighted by Crippen LogP contribution is 2.27. The number of ether oxygens (including phenoxy) is 1. The van der Waals surface area contributed by atoms with Crippen LogP contribution >= 0.6 is 0 Å². The summed E-state index contributed by atoms with van der Waals surface area (Å²) in [5.74, 6) is 0.682. The summed E-state index contributed by atoms with van der Waals surface area (Å²) >= 11 is 0. The molecule has 4 rings (SSSR count). The van der Waals surface area contributed by atoms with Gasteiger partial charge in [-0.05, 0) is 60.9 Å². The van der Waals surface area contributed by atoms with Crippen LogP contribution in [-0.2, 0) is 21.4 Å². The van der Waals surface area contributed by atoms with Crippen LogP contribution in [0.1, 0.15) is 16.8 Å². The number of aromatic nitrogens is 1. The van der Waals surface area contributed by atoms with Crippen LogP contribution in [0.4, 0.5) is 0 Å². The third kappa shape index (κ3) is 5.65.